The highest BCUT2D eigenvalue weighted by Crippen LogP contribution is 2.30. The Bertz CT molecular complexity index is 883. The van der Waals surface area contributed by atoms with Gasteiger partial charge in [-0.15, -0.1) is 0 Å². The number of carbonyl (C=O) groups is 2. The zero-order valence-corrected chi connectivity index (χ0v) is 20.4. The van der Waals surface area contributed by atoms with E-state index in [1.54, 1.807) is 24.3 Å². The third kappa shape index (κ3) is 8.73. The highest BCUT2D eigenvalue weighted by molar-refractivity contribution is 7.92. The Labute approximate surface area is 194 Å². The smallest absolute Gasteiger partial charge is 0.475 e. The van der Waals surface area contributed by atoms with Crippen LogP contribution in [0.5, 0.6) is 0 Å². The average Bonchev–Trinajstić information content (AvgIpc) is 2.73. The number of hydrogen-bond donors (Lipinski definition) is 1. The first-order valence-corrected chi connectivity index (χ1v) is 12.4. The van der Waals surface area contributed by atoms with E-state index in [4.69, 9.17) is 9.90 Å². The van der Waals surface area contributed by atoms with E-state index in [1.807, 2.05) is 33.8 Å². The summed E-state index contributed by atoms with van der Waals surface area (Å²) in [5.74, 6) is -2.16. The van der Waals surface area contributed by atoms with Gasteiger partial charge in [-0.05, 0) is 64.8 Å². The quantitative estimate of drug-likeness (QED) is 0.570. The van der Waals surface area contributed by atoms with Crippen LogP contribution >= 0.6 is 0 Å². The molecule has 10 heteroatoms. The first-order chi connectivity index (χ1) is 15.1. The second kappa shape index (κ2) is 12.0. The lowest BCUT2D eigenvalue weighted by molar-refractivity contribution is -0.192. The average molecular weight is 494 g/mol. The molecule has 1 atom stereocenters. The SMILES string of the molecule is CC(C)C(=O)C1CCCN(CCCC(C)(C)S(=O)(=O)c2ccccc2)C1.O=C(O)C(F)(F)F. The molecule has 0 spiro atoms. The van der Waals surface area contributed by atoms with Crippen molar-refractivity contribution in [2.24, 2.45) is 11.8 Å². The minimum absolute atomic E-state index is 0.0925. The Balaban J connectivity index is 0.000000675. The number of carboxylic acid groups (broad SMARTS) is 1. The molecule has 0 aliphatic carbocycles. The summed E-state index contributed by atoms with van der Waals surface area (Å²) in [6.07, 6.45) is -1.61. The van der Waals surface area contributed by atoms with Crippen LogP contribution < -0.4 is 0 Å². The van der Waals surface area contributed by atoms with Gasteiger partial charge in [0.15, 0.2) is 9.84 Å². The van der Waals surface area contributed by atoms with E-state index in [0.717, 1.165) is 38.9 Å². The Morgan fingerprint density at radius 1 is 1.15 bits per heavy atom. The normalized spacial score (nSPS) is 17.9. The van der Waals surface area contributed by atoms with Gasteiger partial charge in [0, 0.05) is 18.4 Å². The lowest BCUT2D eigenvalue weighted by Crippen LogP contribution is -2.41. The van der Waals surface area contributed by atoms with Crippen molar-refractivity contribution in [3.8, 4) is 0 Å². The number of ketones is 1. The molecule has 1 unspecified atom stereocenters. The van der Waals surface area contributed by atoms with Crippen molar-refractivity contribution in [1.29, 1.82) is 0 Å². The van der Waals surface area contributed by atoms with Crippen molar-refractivity contribution >= 4 is 21.6 Å². The summed E-state index contributed by atoms with van der Waals surface area (Å²) in [5.41, 5.74) is 0. The molecule has 1 fully saturated rings. The minimum atomic E-state index is -5.08. The molecule has 0 amide bonds. The van der Waals surface area contributed by atoms with Gasteiger partial charge < -0.3 is 10.0 Å². The van der Waals surface area contributed by atoms with Crippen LogP contribution in [-0.4, -0.2) is 60.7 Å². The molecule has 1 aliphatic rings. The molecule has 6 nitrogen and oxygen atoms in total. The first kappa shape index (κ1) is 29.1. The molecule has 0 saturated carbocycles. The van der Waals surface area contributed by atoms with Crippen molar-refractivity contribution < 1.29 is 36.3 Å². The second-order valence-corrected chi connectivity index (χ2v) is 11.8. The highest BCUT2D eigenvalue weighted by Gasteiger charge is 2.38. The molecule has 1 aromatic rings. The fourth-order valence-electron chi connectivity index (χ4n) is 3.74. The predicted molar refractivity (Wildman–Crippen MR) is 120 cm³/mol. The van der Waals surface area contributed by atoms with Gasteiger partial charge in [0.2, 0.25) is 0 Å². The van der Waals surface area contributed by atoms with E-state index in [9.17, 15) is 26.4 Å². The zero-order valence-electron chi connectivity index (χ0n) is 19.6. The number of alkyl halides is 3. The third-order valence-corrected chi connectivity index (χ3v) is 8.31. The number of Topliss-reactive ketones (excluding diaryl/α,β-unsaturated/α-hetero) is 1. The molecule has 188 valence electrons. The lowest BCUT2D eigenvalue weighted by atomic mass is 9.88. The molecule has 1 aromatic carbocycles. The number of hydrogen-bond acceptors (Lipinski definition) is 5. The van der Waals surface area contributed by atoms with Gasteiger partial charge in [0.1, 0.15) is 5.78 Å². The van der Waals surface area contributed by atoms with Gasteiger partial charge in [-0.1, -0.05) is 32.0 Å². The van der Waals surface area contributed by atoms with Crippen LogP contribution in [0.15, 0.2) is 35.2 Å². The number of rotatable bonds is 8. The van der Waals surface area contributed by atoms with Crippen molar-refractivity contribution in [2.75, 3.05) is 19.6 Å². The van der Waals surface area contributed by atoms with E-state index in [0.29, 0.717) is 17.1 Å². The van der Waals surface area contributed by atoms with Crippen molar-refractivity contribution in [2.45, 2.75) is 69.2 Å². The van der Waals surface area contributed by atoms with E-state index in [1.165, 1.54) is 0 Å². The van der Waals surface area contributed by atoms with E-state index < -0.39 is 26.7 Å². The maximum atomic E-state index is 12.9. The van der Waals surface area contributed by atoms with Crippen molar-refractivity contribution in [1.82, 2.24) is 4.90 Å². The fraction of sp³-hybridized carbons (Fsp3) is 0.652. The van der Waals surface area contributed by atoms with Gasteiger partial charge >= 0.3 is 12.1 Å². The van der Waals surface area contributed by atoms with Crippen LogP contribution in [0.4, 0.5) is 13.2 Å². The van der Waals surface area contributed by atoms with Crippen LogP contribution in [0.1, 0.15) is 53.4 Å². The summed E-state index contributed by atoms with van der Waals surface area (Å²) < 4.78 is 56.7. The number of piperidine rings is 1. The maximum absolute atomic E-state index is 12.9. The molecule has 0 bridgehead atoms. The lowest BCUT2D eigenvalue weighted by Gasteiger charge is -2.33. The van der Waals surface area contributed by atoms with Crippen molar-refractivity contribution in [3.05, 3.63) is 30.3 Å². The topological polar surface area (TPSA) is 91.8 Å². The summed E-state index contributed by atoms with van der Waals surface area (Å²) in [4.78, 5) is 23.9. The summed E-state index contributed by atoms with van der Waals surface area (Å²) in [7, 11) is -3.35. The van der Waals surface area contributed by atoms with E-state index >= 15 is 0 Å². The maximum Gasteiger partial charge on any atom is 0.490 e. The monoisotopic (exact) mass is 493 g/mol. The molecule has 2 rings (SSSR count). The van der Waals surface area contributed by atoms with Gasteiger partial charge in [0.05, 0.1) is 9.64 Å². The summed E-state index contributed by atoms with van der Waals surface area (Å²) in [6, 6.07) is 8.70. The van der Waals surface area contributed by atoms with Gasteiger partial charge in [-0.25, -0.2) is 13.2 Å². The molecule has 1 N–H and O–H groups in total. The van der Waals surface area contributed by atoms with Gasteiger partial charge in [-0.3, -0.25) is 4.79 Å². The fourth-order valence-corrected chi connectivity index (χ4v) is 5.31. The Morgan fingerprint density at radius 2 is 1.70 bits per heavy atom. The minimum Gasteiger partial charge on any atom is -0.475 e. The number of carboxylic acids is 1. The number of nitrogens with zero attached hydrogens (tertiary/aromatic N) is 1. The van der Waals surface area contributed by atoms with Gasteiger partial charge in [0.25, 0.3) is 0 Å². The molecular formula is C23H34F3NO5S. The molecule has 33 heavy (non-hydrogen) atoms. The molecular weight excluding hydrogens is 459 g/mol. The molecule has 0 aromatic heterocycles. The summed E-state index contributed by atoms with van der Waals surface area (Å²) >= 11 is 0. The number of sulfone groups is 1. The van der Waals surface area contributed by atoms with Crippen LogP contribution in [0.25, 0.3) is 0 Å². The number of carbonyl (C=O) groups excluding carboxylic acids is 1. The Morgan fingerprint density at radius 3 is 2.18 bits per heavy atom. The van der Waals surface area contributed by atoms with E-state index in [2.05, 4.69) is 4.90 Å². The predicted octanol–water partition coefficient (Wildman–Crippen LogP) is 4.59. The van der Waals surface area contributed by atoms with Crippen LogP contribution in [0.2, 0.25) is 0 Å². The molecule has 1 aliphatic heterocycles. The van der Waals surface area contributed by atoms with Gasteiger partial charge in [-0.2, -0.15) is 13.2 Å². The molecule has 1 heterocycles. The number of halogens is 3. The Kier molecular flexibility index (Phi) is 10.5. The second-order valence-electron chi connectivity index (χ2n) is 9.18. The van der Waals surface area contributed by atoms with Crippen molar-refractivity contribution in [3.63, 3.8) is 0 Å². The molecule has 0 radical (unpaired) electrons. The standard InChI is InChI=1S/C21H33NO3S.C2HF3O2/c1-17(2)20(23)18-10-8-14-22(16-18)15-9-13-21(3,4)26(24,25)19-11-6-5-7-12-19;3-2(4,5)1(6)7/h5-7,11-12,17-18H,8-10,13-16H2,1-4H3;(H,6,7). The zero-order chi connectivity index (χ0) is 25.4. The summed E-state index contributed by atoms with van der Waals surface area (Å²) in [6.45, 7) is 10.3. The molecule has 1 saturated heterocycles. The largest absolute Gasteiger partial charge is 0.490 e. The highest BCUT2D eigenvalue weighted by atomic mass is 32.2. The van der Waals surface area contributed by atoms with E-state index in [-0.39, 0.29) is 11.8 Å². The first-order valence-electron chi connectivity index (χ1n) is 11.0. The van der Waals surface area contributed by atoms with Crippen LogP contribution in [0, 0.1) is 11.8 Å². The third-order valence-electron chi connectivity index (χ3n) is 5.75. The van der Waals surface area contributed by atoms with Crippen LogP contribution in [0.3, 0.4) is 0 Å². The number of aliphatic carboxylic acids is 1. The van der Waals surface area contributed by atoms with Crippen LogP contribution in [-0.2, 0) is 19.4 Å². The number of benzene rings is 1. The summed E-state index contributed by atoms with van der Waals surface area (Å²) in [5, 5.41) is 7.12. The Hall–Kier alpha value is -1.94. The number of likely N-dealkylation sites (tertiary alicyclic amines) is 1.